The van der Waals surface area contributed by atoms with Crippen LogP contribution in [0.1, 0.15) is 78.6 Å². The number of carboxylic acid groups (broad SMARTS) is 1. The van der Waals surface area contributed by atoms with Gasteiger partial charge in [-0.1, -0.05) is 57.9 Å². The Hall–Kier alpha value is -1.13. The average Bonchev–Trinajstić information content (AvgIpc) is 3.22. The summed E-state index contributed by atoms with van der Waals surface area (Å²) in [5, 5.41) is 19.3. The van der Waals surface area contributed by atoms with E-state index in [2.05, 4.69) is 39.0 Å². The Kier molecular flexibility index (Phi) is 8.56. The lowest BCUT2D eigenvalue weighted by Crippen LogP contribution is -2.29. The van der Waals surface area contributed by atoms with Crippen molar-refractivity contribution in [1.82, 2.24) is 0 Å². The normalized spacial score (nSPS) is 29.2. The fraction of sp³-hybridized carbons (Fsp3) is 0.783. The van der Waals surface area contributed by atoms with Gasteiger partial charge in [-0.3, -0.25) is 4.79 Å². The number of aliphatic carboxylic acids is 1. The largest absolute Gasteiger partial charge is 0.481 e. The van der Waals surface area contributed by atoms with Gasteiger partial charge in [0.25, 0.3) is 0 Å². The van der Waals surface area contributed by atoms with Crippen LogP contribution < -0.4 is 0 Å². The monoisotopic (exact) mass is 378 g/mol. The predicted octanol–water partition coefficient (Wildman–Crippen LogP) is 5.11. The lowest BCUT2D eigenvalue weighted by Gasteiger charge is -2.30. The zero-order chi connectivity index (χ0) is 19.9. The quantitative estimate of drug-likeness (QED) is 0.366. The maximum Gasteiger partial charge on any atom is 0.303 e. The van der Waals surface area contributed by atoms with Gasteiger partial charge in [-0.15, -0.1) is 0 Å². The maximum absolute atomic E-state index is 10.6. The number of fused-ring (bicyclic) bond motifs is 2. The predicted molar refractivity (Wildman–Crippen MR) is 109 cm³/mol. The van der Waals surface area contributed by atoms with Crippen LogP contribution >= 0.6 is 0 Å². The van der Waals surface area contributed by atoms with Crippen LogP contribution in [0.25, 0.3) is 0 Å². The van der Waals surface area contributed by atoms with E-state index in [0.29, 0.717) is 30.5 Å². The van der Waals surface area contributed by atoms with Crippen molar-refractivity contribution in [2.45, 2.75) is 96.9 Å². The van der Waals surface area contributed by atoms with Crippen molar-refractivity contribution < 1.29 is 19.7 Å². The summed E-state index contributed by atoms with van der Waals surface area (Å²) in [4.78, 5) is 10.6. The van der Waals surface area contributed by atoms with Crippen molar-refractivity contribution in [3.8, 4) is 0 Å². The summed E-state index contributed by atoms with van der Waals surface area (Å²) in [6, 6.07) is 0. The zero-order valence-electron chi connectivity index (χ0n) is 17.3. The fourth-order valence-electron chi connectivity index (χ4n) is 4.40. The molecule has 0 spiro atoms. The molecule has 5 unspecified atom stereocenters. The molecule has 4 nitrogen and oxygen atoms in total. The van der Waals surface area contributed by atoms with Crippen molar-refractivity contribution in [3.63, 3.8) is 0 Å². The van der Waals surface area contributed by atoms with Gasteiger partial charge in [0.2, 0.25) is 0 Å². The molecular formula is C23H38O4. The fourth-order valence-corrected chi connectivity index (χ4v) is 4.40. The van der Waals surface area contributed by atoms with E-state index < -0.39 is 12.1 Å². The molecule has 4 heteroatoms. The molecule has 0 radical (unpaired) electrons. The highest BCUT2D eigenvalue weighted by atomic mass is 16.5. The second-order valence-electron chi connectivity index (χ2n) is 8.95. The first-order valence-electron chi connectivity index (χ1n) is 10.7. The maximum atomic E-state index is 10.6. The van der Waals surface area contributed by atoms with E-state index in [-0.39, 0.29) is 11.8 Å². The zero-order valence-corrected chi connectivity index (χ0v) is 17.3. The number of carbonyl (C=O) groups is 1. The van der Waals surface area contributed by atoms with E-state index in [0.717, 1.165) is 44.9 Å². The highest BCUT2D eigenvalue weighted by molar-refractivity contribution is 5.66. The molecule has 2 N–H and O–H groups in total. The molecule has 2 rings (SSSR count). The molecule has 2 fully saturated rings. The van der Waals surface area contributed by atoms with Gasteiger partial charge in [0.15, 0.2) is 0 Å². The lowest BCUT2D eigenvalue weighted by molar-refractivity contribution is -0.137. The van der Waals surface area contributed by atoms with Crippen LogP contribution in [-0.4, -0.2) is 34.5 Å². The van der Waals surface area contributed by atoms with Crippen LogP contribution in [0, 0.1) is 17.3 Å². The number of carboxylic acids is 1. The van der Waals surface area contributed by atoms with Crippen LogP contribution in [0.15, 0.2) is 24.3 Å². The summed E-state index contributed by atoms with van der Waals surface area (Å²) >= 11 is 0. The van der Waals surface area contributed by atoms with Gasteiger partial charge in [0.1, 0.15) is 0 Å². The van der Waals surface area contributed by atoms with E-state index in [1.165, 1.54) is 0 Å². The van der Waals surface area contributed by atoms with E-state index in [1.807, 2.05) is 6.08 Å². The summed E-state index contributed by atoms with van der Waals surface area (Å²) in [5.41, 5.74) is -0.0927. The first kappa shape index (κ1) is 22.2. The number of hydrogen-bond donors (Lipinski definition) is 2. The molecule has 0 aromatic carbocycles. The van der Waals surface area contributed by atoms with Gasteiger partial charge in [-0.05, 0) is 49.9 Å². The molecule has 0 amide bonds. The highest BCUT2D eigenvalue weighted by Gasteiger charge is 2.47. The van der Waals surface area contributed by atoms with Gasteiger partial charge >= 0.3 is 5.97 Å². The first-order valence-corrected chi connectivity index (χ1v) is 10.7. The molecule has 2 aliphatic heterocycles. The van der Waals surface area contributed by atoms with Gasteiger partial charge in [-0.2, -0.15) is 0 Å². The van der Waals surface area contributed by atoms with Crippen LogP contribution in [0.3, 0.4) is 0 Å². The van der Waals surface area contributed by atoms with Crippen molar-refractivity contribution in [3.05, 3.63) is 24.3 Å². The number of aliphatic hydroxyl groups is 1. The average molecular weight is 379 g/mol. The Morgan fingerprint density at radius 2 is 1.96 bits per heavy atom. The number of hydrogen-bond acceptors (Lipinski definition) is 3. The van der Waals surface area contributed by atoms with Crippen LogP contribution in [0.5, 0.6) is 0 Å². The minimum atomic E-state index is -0.726. The van der Waals surface area contributed by atoms with Crippen LogP contribution in [-0.2, 0) is 9.53 Å². The Bertz CT molecular complexity index is 522. The third-order valence-corrected chi connectivity index (χ3v) is 6.31. The molecule has 2 saturated heterocycles. The van der Waals surface area contributed by atoms with E-state index >= 15 is 0 Å². The number of allylic oxidation sites excluding steroid dienone is 2. The van der Waals surface area contributed by atoms with Crippen molar-refractivity contribution in [2.75, 3.05) is 0 Å². The standard InChI is InChI=1S/C23H38O4/c1-4-5-16-23(2,3)21(24)15-12-18-17(19-13-14-20(18)27-19)10-8-6-7-9-11-22(25)26/h6,8,12,15,17-21,24H,4-5,7,9-11,13-14,16H2,1-3H3,(H,25,26). The van der Waals surface area contributed by atoms with Gasteiger partial charge in [0.05, 0.1) is 18.3 Å². The summed E-state index contributed by atoms with van der Waals surface area (Å²) in [6.45, 7) is 6.48. The molecule has 2 aliphatic rings. The number of aliphatic hydroxyl groups excluding tert-OH is 1. The van der Waals surface area contributed by atoms with E-state index in [9.17, 15) is 9.90 Å². The van der Waals surface area contributed by atoms with Crippen LogP contribution in [0.4, 0.5) is 0 Å². The topological polar surface area (TPSA) is 66.8 Å². The third-order valence-electron chi connectivity index (χ3n) is 6.31. The summed E-state index contributed by atoms with van der Waals surface area (Å²) in [7, 11) is 0. The molecule has 0 aromatic heterocycles. The number of rotatable bonds is 12. The lowest BCUT2D eigenvalue weighted by atomic mass is 9.76. The molecule has 2 bridgehead atoms. The Balaban J connectivity index is 1.88. The molecule has 0 aliphatic carbocycles. The smallest absolute Gasteiger partial charge is 0.303 e. The Morgan fingerprint density at radius 3 is 2.67 bits per heavy atom. The Morgan fingerprint density at radius 1 is 1.22 bits per heavy atom. The number of unbranched alkanes of at least 4 members (excludes halogenated alkanes) is 2. The SMILES string of the molecule is CCCCC(C)(C)C(O)C=CC1C2CCC(O2)C1CC=CCCCC(=O)O. The highest BCUT2D eigenvalue weighted by Crippen LogP contribution is 2.46. The van der Waals surface area contributed by atoms with Gasteiger partial charge in [0, 0.05) is 12.3 Å². The minimum Gasteiger partial charge on any atom is -0.481 e. The van der Waals surface area contributed by atoms with Gasteiger partial charge < -0.3 is 14.9 Å². The summed E-state index contributed by atoms with van der Waals surface area (Å²) < 4.78 is 6.15. The Labute approximate surface area is 164 Å². The molecular weight excluding hydrogens is 340 g/mol. The molecule has 0 saturated carbocycles. The second kappa shape index (κ2) is 10.4. The van der Waals surface area contributed by atoms with E-state index in [4.69, 9.17) is 9.84 Å². The van der Waals surface area contributed by atoms with Gasteiger partial charge in [-0.25, -0.2) is 0 Å². The molecule has 2 heterocycles. The minimum absolute atomic E-state index is 0.0927. The van der Waals surface area contributed by atoms with E-state index in [1.54, 1.807) is 0 Å². The molecule has 154 valence electrons. The van der Waals surface area contributed by atoms with Crippen molar-refractivity contribution >= 4 is 5.97 Å². The second-order valence-corrected chi connectivity index (χ2v) is 8.95. The van der Waals surface area contributed by atoms with Crippen LogP contribution in [0.2, 0.25) is 0 Å². The molecule has 27 heavy (non-hydrogen) atoms. The summed E-state index contributed by atoms with van der Waals surface area (Å²) in [6.07, 6.45) is 17.0. The number of ether oxygens (including phenoxy) is 1. The third kappa shape index (κ3) is 6.46. The van der Waals surface area contributed by atoms with Crippen molar-refractivity contribution in [2.24, 2.45) is 17.3 Å². The first-order chi connectivity index (χ1) is 12.8. The molecule has 5 atom stereocenters. The molecule has 0 aromatic rings. The van der Waals surface area contributed by atoms with Crippen molar-refractivity contribution in [1.29, 1.82) is 0 Å². The summed E-state index contributed by atoms with van der Waals surface area (Å²) in [5.74, 6) is 0.126.